The first-order valence-electron chi connectivity index (χ1n) is 4.78. The highest BCUT2D eigenvalue weighted by atomic mass is 35.5. The minimum atomic E-state index is -0.216. The summed E-state index contributed by atoms with van der Waals surface area (Å²) in [5.41, 5.74) is 3.43. The lowest BCUT2D eigenvalue weighted by Crippen LogP contribution is -2.05. The summed E-state index contributed by atoms with van der Waals surface area (Å²) in [6.45, 7) is 0. The van der Waals surface area contributed by atoms with Gasteiger partial charge in [-0.2, -0.15) is 0 Å². The van der Waals surface area contributed by atoms with E-state index in [1.54, 1.807) is 23.9 Å². The van der Waals surface area contributed by atoms with E-state index in [-0.39, 0.29) is 18.2 Å². The molecule has 90 valence electrons. The second-order valence-electron chi connectivity index (χ2n) is 3.22. The number of anilines is 1. The van der Waals surface area contributed by atoms with Crippen molar-refractivity contribution in [2.45, 2.75) is 9.79 Å². The van der Waals surface area contributed by atoms with Crippen LogP contribution in [0.3, 0.4) is 0 Å². The smallest absolute Gasteiger partial charge is 0.123 e. The Morgan fingerprint density at radius 2 is 1.35 bits per heavy atom. The van der Waals surface area contributed by atoms with E-state index in [0.29, 0.717) is 0 Å². The van der Waals surface area contributed by atoms with Gasteiger partial charge in [0.25, 0.3) is 0 Å². The van der Waals surface area contributed by atoms with Crippen molar-refractivity contribution in [1.82, 2.24) is 0 Å². The molecule has 2 rings (SSSR count). The van der Waals surface area contributed by atoms with Crippen LogP contribution < -0.4 is 11.3 Å². The van der Waals surface area contributed by atoms with Crippen molar-refractivity contribution >= 4 is 29.9 Å². The average molecular weight is 271 g/mol. The lowest BCUT2D eigenvalue weighted by molar-refractivity contribution is 0.626. The second kappa shape index (κ2) is 6.49. The van der Waals surface area contributed by atoms with Gasteiger partial charge in [0.15, 0.2) is 0 Å². The van der Waals surface area contributed by atoms with Crippen LogP contribution in [0.1, 0.15) is 0 Å². The Hall–Kier alpha value is -1.23. The van der Waals surface area contributed by atoms with Crippen LogP contribution in [0, 0.1) is 5.82 Å². The molecule has 2 nitrogen and oxygen atoms in total. The number of nitrogens with two attached hydrogens (primary N) is 1. The molecule has 0 fully saturated rings. The summed E-state index contributed by atoms with van der Waals surface area (Å²) in [5, 5.41) is 0. The van der Waals surface area contributed by atoms with Crippen LogP contribution >= 0.6 is 24.2 Å². The van der Waals surface area contributed by atoms with Gasteiger partial charge in [-0.15, -0.1) is 12.4 Å². The van der Waals surface area contributed by atoms with E-state index in [1.807, 2.05) is 24.3 Å². The van der Waals surface area contributed by atoms with Gasteiger partial charge >= 0.3 is 0 Å². The van der Waals surface area contributed by atoms with Crippen LogP contribution in [0.25, 0.3) is 0 Å². The number of nitrogen functional groups attached to an aromatic ring is 1. The van der Waals surface area contributed by atoms with E-state index < -0.39 is 0 Å². The van der Waals surface area contributed by atoms with Crippen LogP contribution in [-0.4, -0.2) is 0 Å². The molecule has 2 aromatic rings. The largest absolute Gasteiger partial charge is 0.324 e. The van der Waals surface area contributed by atoms with Gasteiger partial charge in [-0.3, -0.25) is 5.84 Å². The van der Waals surface area contributed by atoms with Gasteiger partial charge in [-0.1, -0.05) is 11.8 Å². The van der Waals surface area contributed by atoms with Crippen LogP contribution in [0.15, 0.2) is 58.3 Å². The maximum absolute atomic E-state index is 12.7. The Balaban J connectivity index is 0.00000144. The molecule has 0 aliphatic rings. The zero-order valence-electron chi connectivity index (χ0n) is 8.89. The fourth-order valence-corrected chi connectivity index (χ4v) is 2.07. The third-order valence-corrected chi connectivity index (χ3v) is 3.09. The molecular formula is C12H12ClFN2S. The zero-order valence-corrected chi connectivity index (χ0v) is 10.5. The number of hydrogen-bond acceptors (Lipinski definition) is 3. The van der Waals surface area contributed by atoms with Gasteiger partial charge in [0.2, 0.25) is 0 Å². The molecule has 0 bridgehead atoms. The van der Waals surface area contributed by atoms with E-state index in [4.69, 9.17) is 5.84 Å². The molecule has 0 saturated carbocycles. The molecule has 0 aliphatic carbocycles. The Bertz CT molecular complexity index is 459. The molecule has 0 aromatic heterocycles. The second-order valence-corrected chi connectivity index (χ2v) is 4.37. The van der Waals surface area contributed by atoms with Gasteiger partial charge in [-0.25, -0.2) is 4.39 Å². The van der Waals surface area contributed by atoms with Gasteiger partial charge in [0, 0.05) is 15.5 Å². The number of hydrazine groups is 1. The molecule has 0 heterocycles. The Labute approximate surface area is 110 Å². The van der Waals surface area contributed by atoms with E-state index in [1.165, 1.54) is 12.1 Å². The van der Waals surface area contributed by atoms with Gasteiger partial charge < -0.3 is 5.43 Å². The third-order valence-electron chi connectivity index (χ3n) is 2.07. The molecule has 0 spiro atoms. The highest BCUT2D eigenvalue weighted by molar-refractivity contribution is 7.99. The van der Waals surface area contributed by atoms with Crippen LogP contribution in [0.2, 0.25) is 0 Å². The Morgan fingerprint density at radius 3 is 1.82 bits per heavy atom. The first kappa shape index (κ1) is 13.8. The van der Waals surface area contributed by atoms with Gasteiger partial charge in [0.05, 0.1) is 0 Å². The van der Waals surface area contributed by atoms with Gasteiger partial charge in [-0.05, 0) is 48.5 Å². The SMILES string of the molecule is Cl.NNc1ccc(Sc2ccc(F)cc2)cc1. The fraction of sp³-hybridized carbons (Fsp3) is 0. The lowest BCUT2D eigenvalue weighted by Gasteiger charge is -2.03. The molecule has 5 heteroatoms. The first-order chi connectivity index (χ1) is 7.78. The standard InChI is InChI=1S/C12H11FN2S.ClH/c13-9-1-5-11(6-2-9)16-12-7-3-10(15-14)4-8-12;/h1-8,15H,14H2;1H. The van der Waals surface area contributed by atoms with E-state index in [0.717, 1.165) is 15.5 Å². The molecule has 3 N–H and O–H groups in total. The zero-order chi connectivity index (χ0) is 11.4. The minimum Gasteiger partial charge on any atom is -0.324 e. The highest BCUT2D eigenvalue weighted by Crippen LogP contribution is 2.28. The quantitative estimate of drug-likeness (QED) is 0.660. The van der Waals surface area contributed by atoms with E-state index in [2.05, 4.69) is 5.43 Å². The molecule has 0 unspecified atom stereocenters. The summed E-state index contributed by atoms with van der Waals surface area (Å²) in [6, 6.07) is 14.1. The van der Waals surface area contributed by atoms with Crippen LogP contribution in [-0.2, 0) is 0 Å². The summed E-state index contributed by atoms with van der Waals surface area (Å²) in [7, 11) is 0. The van der Waals surface area contributed by atoms with Crippen molar-refractivity contribution < 1.29 is 4.39 Å². The summed E-state index contributed by atoms with van der Waals surface area (Å²) >= 11 is 1.58. The number of rotatable bonds is 3. The summed E-state index contributed by atoms with van der Waals surface area (Å²) < 4.78 is 12.7. The van der Waals surface area contributed by atoms with Gasteiger partial charge in [0.1, 0.15) is 5.82 Å². The average Bonchev–Trinajstić information content (AvgIpc) is 2.33. The molecule has 0 radical (unpaired) electrons. The maximum atomic E-state index is 12.7. The molecule has 0 amide bonds. The molecular weight excluding hydrogens is 259 g/mol. The van der Waals surface area contributed by atoms with Crippen LogP contribution in [0.5, 0.6) is 0 Å². The van der Waals surface area contributed by atoms with Crippen molar-refractivity contribution in [3.8, 4) is 0 Å². The normalized spacial score (nSPS) is 9.53. The van der Waals surface area contributed by atoms with E-state index >= 15 is 0 Å². The molecule has 17 heavy (non-hydrogen) atoms. The Morgan fingerprint density at radius 1 is 0.882 bits per heavy atom. The summed E-state index contributed by atoms with van der Waals surface area (Å²) in [5.74, 6) is 5.05. The summed E-state index contributed by atoms with van der Waals surface area (Å²) in [4.78, 5) is 2.10. The van der Waals surface area contributed by atoms with Crippen molar-refractivity contribution in [1.29, 1.82) is 0 Å². The van der Waals surface area contributed by atoms with Crippen molar-refractivity contribution in [2.24, 2.45) is 5.84 Å². The summed E-state index contributed by atoms with van der Waals surface area (Å²) in [6.07, 6.45) is 0. The Kier molecular flexibility index (Phi) is 5.28. The number of halogens is 2. The number of hydrogen-bond donors (Lipinski definition) is 2. The number of benzene rings is 2. The predicted molar refractivity (Wildman–Crippen MR) is 72.0 cm³/mol. The van der Waals surface area contributed by atoms with E-state index in [9.17, 15) is 4.39 Å². The topological polar surface area (TPSA) is 38.0 Å². The molecule has 0 aliphatic heterocycles. The van der Waals surface area contributed by atoms with Crippen LogP contribution in [0.4, 0.5) is 10.1 Å². The van der Waals surface area contributed by atoms with Crippen molar-refractivity contribution in [3.05, 3.63) is 54.3 Å². The van der Waals surface area contributed by atoms with Crippen molar-refractivity contribution in [3.63, 3.8) is 0 Å². The molecule has 2 aromatic carbocycles. The monoisotopic (exact) mass is 270 g/mol. The third kappa shape index (κ3) is 3.93. The minimum absolute atomic E-state index is 0. The fourth-order valence-electron chi connectivity index (χ4n) is 1.26. The first-order valence-corrected chi connectivity index (χ1v) is 5.60. The highest BCUT2D eigenvalue weighted by Gasteiger charge is 1.98. The lowest BCUT2D eigenvalue weighted by atomic mass is 10.3. The maximum Gasteiger partial charge on any atom is 0.123 e. The molecule has 0 atom stereocenters. The van der Waals surface area contributed by atoms with Crippen molar-refractivity contribution in [2.75, 3.05) is 5.43 Å². The number of nitrogens with one attached hydrogen (secondary N) is 1. The molecule has 0 saturated heterocycles. The predicted octanol–water partition coefficient (Wildman–Crippen LogP) is 3.68.